The van der Waals surface area contributed by atoms with Crippen molar-refractivity contribution in [2.75, 3.05) is 6.61 Å². The maximum atomic E-state index is 12.5. The summed E-state index contributed by atoms with van der Waals surface area (Å²) in [5.41, 5.74) is -0.778. The van der Waals surface area contributed by atoms with Crippen LogP contribution in [-0.4, -0.2) is 27.4 Å². The molecule has 2 aromatic rings. The normalized spacial score (nSPS) is 13.2. The van der Waals surface area contributed by atoms with Gasteiger partial charge in [-0.2, -0.15) is 13.2 Å². The van der Waals surface area contributed by atoms with Crippen molar-refractivity contribution in [3.63, 3.8) is 0 Å². The first-order chi connectivity index (χ1) is 9.86. The predicted octanol–water partition coefficient (Wildman–Crippen LogP) is 2.65. The summed E-state index contributed by atoms with van der Waals surface area (Å²) in [7, 11) is 0. The van der Waals surface area contributed by atoms with E-state index in [-0.39, 0.29) is 18.9 Å². The Bertz CT molecular complexity index is 596. The smallest absolute Gasteiger partial charge is 0.416 e. The van der Waals surface area contributed by atoms with Crippen molar-refractivity contribution in [3.05, 3.63) is 48.0 Å². The Morgan fingerprint density at radius 2 is 2.14 bits per heavy atom. The van der Waals surface area contributed by atoms with E-state index in [0.717, 1.165) is 18.0 Å². The van der Waals surface area contributed by atoms with Gasteiger partial charge in [0.25, 0.3) is 0 Å². The molecule has 21 heavy (non-hydrogen) atoms. The van der Waals surface area contributed by atoms with Crippen molar-refractivity contribution in [1.29, 1.82) is 0 Å². The van der Waals surface area contributed by atoms with Gasteiger partial charge in [0.2, 0.25) is 0 Å². The van der Waals surface area contributed by atoms with E-state index in [1.54, 1.807) is 23.9 Å². The summed E-state index contributed by atoms with van der Waals surface area (Å²) in [6.45, 7) is 1.96. The number of imidazole rings is 1. The van der Waals surface area contributed by atoms with Crippen LogP contribution < -0.4 is 4.74 Å². The molecule has 0 amide bonds. The average Bonchev–Trinajstić information content (AvgIpc) is 2.81. The van der Waals surface area contributed by atoms with Crippen LogP contribution in [0.15, 0.2) is 36.7 Å². The van der Waals surface area contributed by atoms with Crippen molar-refractivity contribution >= 4 is 0 Å². The van der Waals surface area contributed by atoms with E-state index in [2.05, 4.69) is 4.98 Å². The number of hydrogen-bond acceptors (Lipinski definition) is 3. The van der Waals surface area contributed by atoms with Gasteiger partial charge in [-0.15, -0.1) is 0 Å². The first kappa shape index (κ1) is 15.4. The Morgan fingerprint density at radius 3 is 2.76 bits per heavy atom. The standard InChI is InChI=1S/C14H15F3N2O2/c1-10-18-5-6-19(10)8-12(20)9-21-13-4-2-3-11(7-13)14(15,16)17/h2-7,12,20H,8-9H2,1H3. The van der Waals surface area contributed by atoms with E-state index in [9.17, 15) is 18.3 Å². The highest BCUT2D eigenvalue weighted by Gasteiger charge is 2.30. The van der Waals surface area contributed by atoms with Gasteiger partial charge >= 0.3 is 6.18 Å². The Balaban J connectivity index is 1.92. The fourth-order valence-electron chi connectivity index (χ4n) is 1.83. The second kappa shape index (κ2) is 6.17. The number of halogens is 3. The minimum absolute atomic E-state index is 0.0752. The summed E-state index contributed by atoms with van der Waals surface area (Å²) < 4.78 is 44.6. The van der Waals surface area contributed by atoms with Gasteiger partial charge in [0.05, 0.1) is 12.1 Å². The molecule has 0 fully saturated rings. The van der Waals surface area contributed by atoms with Crippen LogP contribution in [0.5, 0.6) is 5.75 Å². The molecule has 0 radical (unpaired) electrons. The van der Waals surface area contributed by atoms with Gasteiger partial charge in [-0.05, 0) is 25.1 Å². The molecular weight excluding hydrogens is 285 g/mol. The molecule has 1 unspecified atom stereocenters. The first-order valence-corrected chi connectivity index (χ1v) is 6.32. The monoisotopic (exact) mass is 300 g/mol. The number of benzene rings is 1. The minimum atomic E-state index is -4.41. The summed E-state index contributed by atoms with van der Waals surface area (Å²) in [6.07, 6.45) is -1.93. The number of aryl methyl sites for hydroxylation is 1. The molecule has 0 bridgehead atoms. The summed E-state index contributed by atoms with van der Waals surface area (Å²) in [6, 6.07) is 4.57. The van der Waals surface area contributed by atoms with Crippen molar-refractivity contribution in [1.82, 2.24) is 9.55 Å². The number of nitrogens with zero attached hydrogens (tertiary/aromatic N) is 2. The number of aliphatic hydroxyl groups is 1. The zero-order chi connectivity index (χ0) is 15.5. The van der Waals surface area contributed by atoms with Crippen LogP contribution >= 0.6 is 0 Å². The number of rotatable bonds is 5. The minimum Gasteiger partial charge on any atom is -0.491 e. The van der Waals surface area contributed by atoms with Crippen LogP contribution in [0.2, 0.25) is 0 Å². The zero-order valence-corrected chi connectivity index (χ0v) is 11.3. The molecule has 0 aliphatic heterocycles. The molecule has 1 aromatic carbocycles. The average molecular weight is 300 g/mol. The summed E-state index contributed by atoms with van der Waals surface area (Å²) in [5.74, 6) is 0.819. The molecule has 2 rings (SSSR count). The van der Waals surface area contributed by atoms with Crippen molar-refractivity contribution in [2.24, 2.45) is 0 Å². The predicted molar refractivity (Wildman–Crippen MR) is 69.9 cm³/mol. The summed E-state index contributed by atoms with van der Waals surface area (Å²) in [4.78, 5) is 4.01. The highest BCUT2D eigenvalue weighted by molar-refractivity contribution is 5.30. The third kappa shape index (κ3) is 4.22. The highest BCUT2D eigenvalue weighted by Crippen LogP contribution is 2.31. The lowest BCUT2D eigenvalue weighted by Gasteiger charge is -2.15. The molecule has 0 spiro atoms. The van der Waals surface area contributed by atoms with Crippen molar-refractivity contribution in [3.8, 4) is 5.75 Å². The second-order valence-electron chi connectivity index (χ2n) is 4.62. The van der Waals surface area contributed by atoms with E-state index in [1.165, 1.54) is 12.1 Å². The largest absolute Gasteiger partial charge is 0.491 e. The quantitative estimate of drug-likeness (QED) is 0.923. The van der Waals surface area contributed by atoms with E-state index in [4.69, 9.17) is 4.74 Å². The molecule has 1 atom stereocenters. The second-order valence-corrected chi connectivity index (χ2v) is 4.62. The van der Waals surface area contributed by atoms with Crippen LogP contribution in [0.4, 0.5) is 13.2 Å². The van der Waals surface area contributed by atoms with Crippen LogP contribution in [-0.2, 0) is 12.7 Å². The molecular formula is C14H15F3N2O2. The van der Waals surface area contributed by atoms with Gasteiger partial charge < -0.3 is 14.4 Å². The van der Waals surface area contributed by atoms with Crippen LogP contribution in [0.1, 0.15) is 11.4 Å². The Labute approximate surface area is 119 Å². The molecule has 4 nitrogen and oxygen atoms in total. The maximum Gasteiger partial charge on any atom is 0.416 e. The third-order valence-electron chi connectivity index (χ3n) is 2.93. The first-order valence-electron chi connectivity index (χ1n) is 6.32. The molecule has 0 saturated heterocycles. The zero-order valence-electron chi connectivity index (χ0n) is 11.3. The van der Waals surface area contributed by atoms with E-state index in [1.807, 2.05) is 0 Å². The van der Waals surface area contributed by atoms with Crippen molar-refractivity contribution < 1.29 is 23.0 Å². The van der Waals surface area contributed by atoms with E-state index in [0.29, 0.717) is 0 Å². The molecule has 0 aliphatic carbocycles. The highest BCUT2D eigenvalue weighted by atomic mass is 19.4. The Hall–Kier alpha value is -2.02. The fourth-order valence-corrected chi connectivity index (χ4v) is 1.83. The molecule has 114 valence electrons. The lowest BCUT2D eigenvalue weighted by atomic mass is 10.2. The number of alkyl halides is 3. The Morgan fingerprint density at radius 1 is 1.38 bits per heavy atom. The fraction of sp³-hybridized carbons (Fsp3) is 0.357. The van der Waals surface area contributed by atoms with Crippen LogP contribution in [0, 0.1) is 6.92 Å². The summed E-state index contributed by atoms with van der Waals surface area (Å²) in [5, 5.41) is 9.84. The van der Waals surface area contributed by atoms with Gasteiger partial charge in [-0.25, -0.2) is 4.98 Å². The molecule has 1 aromatic heterocycles. The van der Waals surface area contributed by atoms with Gasteiger partial charge in [-0.1, -0.05) is 6.07 Å². The number of aromatic nitrogens is 2. The third-order valence-corrected chi connectivity index (χ3v) is 2.93. The van der Waals surface area contributed by atoms with Gasteiger partial charge in [0.15, 0.2) is 0 Å². The molecule has 1 heterocycles. The maximum absolute atomic E-state index is 12.5. The number of aliphatic hydroxyl groups excluding tert-OH is 1. The molecule has 0 aliphatic rings. The molecule has 1 N–H and O–H groups in total. The number of ether oxygens (including phenoxy) is 1. The van der Waals surface area contributed by atoms with Gasteiger partial charge in [0, 0.05) is 12.4 Å². The lowest BCUT2D eigenvalue weighted by Crippen LogP contribution is -2.24. The van der Waals surface area contributed by atoms with Gasteiger partial charge in [-0.3, -0.25) is 0 Å². The van der Waals surface area contributed by atoms with Crippen LogP contribution in [0.3, 0.4) is 0 Å². The molecule has 0 saturated carbocycles. The van der Waals surface area contributed by atoms with Crippen molar-refractivity contribution in [2.45, 2.75) is 25.7 Å². The topological polar surface area (TPSA) is 47.3 Å². The lowest BCUT2D eigenvalue weighted by molar-refractivity contribution is -0.137. The molecule has 7 heteroatoms. The SMILES string of the molecule is Cc1nccn1CC(O)COc1cccc(C(F)(F)F)c1. The van der Waals surface area contributed by atoms with Gasteiger partial charge in [0.1, 0.15) is 24.3 Å². The van der Waals surface area contributed by atoms with E-state index >= 15 is 0 Å². The number of hydrogen-bond donors (Lipinski definition) is 1. The van der Waals surface area contributed by atoms with E-state index < -0.39 is 17.8 Å². The summed E-state index contributed by atoms with van der Waals surface area (Å²) >= 11 is 0. The Kier molecular flexibility index (Phi) is 4.52. The van der Waals surface area contributed by atoms with Crippen LogP contribution in [0.25, 0.3) is 0 Å².